The van der Waals surface area contributed by atoms with Gasteiger partial charge in [-0.05, 0) is 12.8 Å². The largest absolute Gasteiger partial charge is 0.314 e. The van der Waals surface area contributed by atoms with Crippen molar-refractivity contribution >= 4 is 30.7 Å². The number of nitrogens with one attached hydrogen (secondary N) is 1. The average Bonchev–Trinajstić information content (AvgIpc) is 2.05. The number of thiol groups is 2. The van der Waals surface area contributed by atoms with Gasteiger partial charge in [-0.3, -0.25) is 4.79 Å². The third kappa shape index (κ3) is 2.55. The van der Waals surface area contributed by atoms with Crippen molar-refractivity contribution in [2.75, 3.05) is 26.2 Å². The molecule has 0 atom stereocenters. The van der Waals surface area contributed by atoms with Crippen LogP contribution in [-0.4, -0.2) is 40.8 Å². The summed E-state index contributed by atoms with van der Waals surface area (Å²) in [5, 5.41) is 4.67. The molecule has 11 heavy (non-hydrogen) atoms. The number of amides is 1. The van der Waals surface area contributed by atoms with E-state index in [2.05, 4.69) is 30.8 Å². The topological polar surface area (TPSA) is 35.6 Å². The zero-order chi connectivity index (χ0) is 8.27. The van der Waals surface area contributed by atoms with E-state index in [1.807, 2.05) is 5.01 Å². The van der Waals surface area contributed by atoms with Crippen LogP contribution < -0.4 is 5.32 Å². The maximum absolute atomic E-state index is 10.7. The number of hydrogen-bond donors (Lipinski definition) is 3. The van der Waals surface area contributed by atoms with Gasteiger partial charge in [-0.1, -0.05) is 12.6 Å². The van der Waals surface area contributed by atoms with E-state index < -0.39 is 0 Å². The van der Waals surface area contributed by atoms with E-state index >= 15 is 0 Å². The first kappa shape index (κ1) is 9.18. The minimum Gasteiger partial charge on any atom is -0.314 e. The minimum absolute atomic E-state index is 0.338. The molecule has 0 radical (unpaired) electrons. The van der Waals surface area contributed by atoms with Crippen LogP contribution in [0.15, 0.2) is 0 Å². The molecule has 1 amide bonds. The summed E-state index contributed by atoms with van der Waals surface area (Å²) in [6, 6.07) is 0. The zero-order valence-corrected chi connectivity index (χ0v) is 7.81. The summed E-state index contributed by atoms with van der Waals surface area (Å²) in [6.07, 6.45) is 0. The van der Waals surface area contributed by atoms with E-state index in [1.54, 1.807) is 0 Å². The number of piperazine rings is 1. The van der Waals surface area contributed by atoms with Crippen LogP contribution in [0.1, 0.15) is 0 Å². The molecule has 6 heteroatoms. The molecule has 64 valence electrons. The molecule has 0 spiro atoms. The first-order chi connectivity index (χ1) is 5.22. The van der Waals surface area contributed by atoms with E-state index in [-0.39, 0.29) is 5.24 Å². The summed E-state index contributed by atoms with van der Waals surface area (Å²) >= 11 is 7.63. The first-order valence-electron chi connectivity index (χ1n) is 3.39. The number of rotatable bonds is 1. The normalized spacial score (nSPS) is 19.8. The van der Waals surface area contributed by atoms with Crippen molar-refractivity contribution < 1.29 is 4.79 Å². The second kappa shape index (κ2) is 4.20. The molecule has 1 aliphatic heterocycles. The highest BCUT2D eigenvalue weighted by atomic mass is 32.1. The Labute approximate surface area is 76.8 Å². The second-order valence-corrected chi connectivity index (χ2v) is 3.04. The van der Waals surface area contributed by atoms with Gasteiger partial charge in [-0.15, -0.1) is 0 Å². The van der Waals surface area contributed by atoms with Gasteiger partial charge in [0, 0.05) is 26.2 Å². The number of nitrogens with zero attached hydrogens (tertiary/aromatic N) is 2. The predicted molar refractivity (Wildman–Crippen MR) is 49.6 cm³/mol. The quantitative estimate of drug-likeness (QED) is 0.513. The van der Waals surface area contributed by atoms with Crippen molar-refractivity contribution in [2.24, 2.45) is 0 Å². The number of carbonyl (C=O) groups is 1. The van der Waals surface area contributed by atoms with Crippen molar-refractivity contribution in [1.82, 2.24) is 14.7 Å². The van der Waals surface area contributed by atoms with E-state index in [4.69, 9.17) is 0 Å². The lowest BCUT2D eigenvalue weighted by molar-refractivity contribution is 0.0958. The summed E-state index contributed by atoms with van der Waals surface area (Å²) in [5.41, 5.74) is 0. The molecule has 1 heterocycles. The van der Waals surface area contributed by atoms with Gasteiger partial charge in [0.2, 0.25) is 0 Å². The molecule has 1 saturated heterocycles. The van der Waals surface area contributed by atoms with Crippen LogP contribution in [0, 0.1) is 0 Å². The SMILES string of the molecule is O=C(S)N(S)N1CCNCC1. The molecule has 0 aromatic heterocycles. The van der Waals surface area contributed by atoms with E-state index in [1.165, 1.54) is 4.41 Å². The fourth-order valence-corrected chi connectivity index (χ4v) is 1.27. The van der Waals surface area contributed by atoms with Gasteiger partial charge >= 0.3 is 5.24 Å². The maximum Gasteiger partial charge on any atom is 0.303 e. The second-order valence-electron chi connectivity index (χ2n) is 2.28. The lowest BCUT2D eigenvalue weighted by atomic mass is 10.4. The van der Waals surface area contributed by atoms with Crippen molar-refractivity contribution in [3.63, 3.8) is 0 Å². The van der Waals surface area contributed by atoms with Crippen LogP contribution in [-0.2, 0) is 0 Å². The van der Waals surface area contributed by atoms with Crippen LogP contribution in [0.25, 0.3) is 0 Å². The van der Waals surface area contributed by atoms with Crippen molar-refractivity contribution in [3.05, 3.63) is 0 Å². The molecular formula is C5H11N3OS2. The van der Waals surface area contributed by atoms with Crippen LogP contribution in [0.5, 0.6) is 0 Å². The molecule has 0 aromatic rings. The van der Waals surface area contributed by atoms with Crippen LogP contribution in [0.3, 0.4) is 0 Å². The Morgan fingerprint density at radius 1 is 1.45 bits per heavy atom. The summed E-state index contributed by atoms with van der Waals surface area (Å²) in [6.45, 7) is 3.38. The Bertz CT molecular complexity index is 149. The molecule has 0 unspecified atom stereocenters. The summed E-state index contributed by atoms with van der Waals surface area (Å²) in [4.78, 5) is 10.7. The molecule has 1 rings (SSSR count). The van der Waals surface area contributed by atoms with Gasteiger partial charge in [0.05, 0.1) is 0 Å². The van der Waals surface area contributed by atoms with Gasteiger partial charge in [-0.2, -0.15) is 0 Å². The molecule has 0 aromatic carbocycles. The Morgan fingerprint density at radius 3 is 2.45 bits per heavy atom. The van der Waals surface area contributed by atoms with Crippen molar-refractivity contribution in [1.29, 1.82) is 0 Å². The van der Waals surface area contributed by atoms with Gasteiger partial charge in [-0.25, -0.2) is 9.42 Å². The molecular weight excluding hydrogens is 182 g/mol. The van der Waals surface area contributed by atoms with E-state index in [9.17, 15) is 4.79 Å². The Morgan fingerprint density at radius 2 is 2.00 bits per heavy atom. The third-order valence-corrected chi connectivity index (χ3v) is 2.31. The smallest absolute Gasteiger partial charge is 0.303 e. The molecule has 0 bridgehead atoms. The number of hydrogen-bond acceptors (Lipinski definition) is 4. The highest BCUT2D eigenvalue weighted by Gasteiger charge is 2.17. The van der Waals surface area contributed by atoms with Gasteiger partial charge in [0.25, 0.3) is 0 Å². The molecule has 1 fully saturated rings. The van der Waals surface area contributed by atoms with Gasteiger partial charge < -0.3 is 5.32 Å². The molecule has 4 nitrogen and oxygen atoms in total. The fraction of sp³-hybridized carbons (Fsp3) is 0.800. The predicted octanol–water partition coefficient (Wildman–Crippen LogP) is 0.00320. The van der Waals surface area contributed by atoms with Crippen LogP contribution >= 0.6 is 25.4 Å². The monoisotopic (exact) mass is 193 g/mol. The number of hydrazine groups is 1. The van der Waals surface area contributed by atoms with Gasteiger partial charge in [0.15, 0.2) is 0 Å². The molecule has 1 N–H and O–H groups in total. The van der Waals surface area contributed by atoms with Crippen LogP contribution in [0.2, 0.25) is 0 Å². The minimum atomic E-state index is -0.338. The van der Waals surface area contributed by atoms with Crippen LogP contribution in [0.4, 0.5) is 4.79 Å². The Hall–Kier alpha value is 0.0900. The highest BCUT2D eigenvalue weighted by molar-refractivity contribution is 7.98. The maximum atomic E-state index is 10.7. The van der Waals surface area contributed by atoms with Crippen molar-refractivity contribution in [2.45, 2.75) is 0 Å². The molecule has 1 aliphatic rings. The Balaban J connectivity index is 2.38. The lowest BCUT2D eigenvalue weighted by Crippen LogP contribution is -2.49. The van der Waals surface area contributed by atoms with Gasteiger partial charge in [0.1, 0.15) is 0 Å². The zero-order valence-electron chi connectivity index (χ0n) is 6.03. The highest BCUT2D eigenvalue weighted by Crippen LogP contribution is 2.06. The standard InChI is InChI=1S/C5H11N3OS2/c9-5(10)8(11)7-3-1-6-2-4-7/h6,11H,1-4H2,(H,9,10). The van der Waals surface area contributed by atoms with Crippen molar-refractivity contribution in [3.8, 4) is 0 Å². The fourth-order valence-electron chi connectivity index (χ4n) is 0.963. The average molecular weight is 193 g/mol. The summed E-state index contributed by atoms with van der Waals surface area (Å²) in [7, 11) is 0. The summed E-state index contributed by atoms with van der Waals surface area (Å²) < 4.78 is 1.24. The number of carbonyl (C=O) groups excluding carboxylic acids is 1. The first-order valence-corrected chi connectivity index (χ1v) is 4.24. The third-order valence-electron chi connectivity index (χ3n) is 1.53. The Kier molecular flexibility index (Phi) is 3.50. The summed E-state index contributed by atoms with van der Waals surface area (Å²) in [5.74, 6) is 0. The molecule has 0 saturated carbocycles. The lowest BCUT2D eigenvalue weighted by Gasteiger charge is -2.32. The van der Waals surface area contributed by atoms with E-state index in [0.29, 0.717) is 0 Å². The molecule has 0 aliphatic carbocycles. The van der Waals surface area contributed by atoms with E-state index in [0.717, 1.165) is 26.2 Å².